The molecule has 0 radical (unpaired) electrons. The summed E-state index contributed by atoms with van der Waals surface area (Å²) in [6.07, 6.45) is 5.28. The number of H-pyrrole nitrogens is 1. The number of nitrogens with one attached hydrogen (secondary N) is 3. The molecule has 2 heterocycles. The highest BCUT2D eigenvalue weighted by atomic mass is 32.1. The molecule has 1 saturated carbocycles. The van der Waals surface area contributed by atoms with Gasteiger partial charge < -0.3 is 21.1 Å². The Morgan fingerprint density at radius 2 is 1.97 bits per heavy atom. The zero-order chi connectivity index (χ0) is 24.2. The molecule has 180 valence electrons. The van der Waals surface area contributed by atoms with Crippen molar-refractivity contribution >= 4 is 45.2 Å². The van der Waals surface area contributed by atoms with Crippen LogP contribution in [0.15, 0.2) is 23.6 Å². The van der Waals surface area contributed by atoms with Crippen molar-refractivity contribution in [2.75, 3.05) is 11.9 Å². The van der Waals surface area contributed by atoms with Crippen LogP contribution < -0.4 is 16.4 Å². The number of carboxylic acids is 1. The summed E-state index contributed by atoms with van der Waals surface area (Å²) in [7, 11) is 0. The smallest absolute Gasteiger partial charge is 0.352 e. The SMILES string of the molecule is CC1CCC(NC(=O)c2csc(NC(=O)c3ccc4[nH]c(C(=O)O)c(CCCN)c4c3)n2)CC1. The number of carboxylic acid groups (broad SMARTS) is 1. The van der Waals surface area contributed by atoms with Crippen molar-refractivity contribution in [1.82, 2.24) is 15.3 Å². The molecule has 2 aromatic heterocycles. The standard InChI is InChI=1S/C24H29N5O4S/c1-13-4-7-15(8-5-13)26-22(31)19-12-34-24(28-19)29-21(30)14-6-9-18-17(11-14)16(3-2-10-25)20(27-18)23(32)33/h6,9,11-13,15,27H,2-5,7-8,10,25H2,1H3,(H,26,31)(H,32,33)(H,28,29,30). The fourth-order valence-corrected chi connectivity index (χ4v) is 5.06. The second kappa shape index (κ2) is 10.4. The first-order chi connectivity index (χ1) is 16.4. The molecule has 10 heteroatoms. The Hall–Kier alpha value is -3.24. The van der Waals surface area contributed by atoms with E-state index in [0.29, 0.717) is 52.5 Å². The molecule has 1 aromatic carbocycles. The van der Waals surface area contributed by atoms with Crippen LogP contribution in [0, 0.1) is 5.92 Å². The number of amides is 2. The monoisotopic (exact) mass is 483 g/mol. The van der Waals surface area contributed by atoms with Gasteiger partial charge in [0, 0.05) is 27.9 Å². The Bertz CT molecular complexity index is 1210. The first-order valence-electron chi connectivity index (χ1n) is 11.5. The largest absolute Gasteiger partial charge is 0.477 e. The van der Waals surface area contributed by atoms with E-state index in [0.717, 1.165) is 25.7 Å². The van der Waals surface area contributed by atoms with Crippen LogP contribution in [0.3, 0.4) is 0 Å². The zero-order valence-electron chi connectivity index (χ0n) is 19.0. The number of aromatic carboxylic acids is 1. The van der Waals surface area contributed by atoms with E-state index >= 15 is 0 Å². The highest BCUT2D eigenvalue weighted by Gasteiger charge is 2.22. The highest BCUT2D eigenvalue weighted by molar-refractivity contribution is 7.14. The van der Waals surface area contributed by atoms with Crippen molar-refractivity contribution in [1.29, 1.82) is 0 Å². The van der Waals surface area contributed by atoms with Crippen LogP contribution in [0.1, 0.15) is 75.9 Å². The molecule has 6 N–H and O–H groups in total. The molecule has 0 bridgehead atoms. The van der Waals surface area contributed by atoms with E-state index in [1.807, 2.05) is 0 Å². The van der Waals surface area contributed by atoms with Gasteiger partial charge in [0.2, 0.25) is 0 Å². The summed E-state index contributed by atoms with van der Waals surface area (Å²) in [4.78, 5) is 44.2. The summed E-state index contributed by atoms with van der Waals surface area (Å²) in [5.41, 5.74) is 7.65. The topological polar surface area (TPSA) is 150 Å². The van der Waals surface area contributed by atoms with Crippen LogP contribution in [0.2, 0.25) is 0 Å². The predicted octanol–water partition coefficient (Wildman–Crippen LogP) is 3.77. The maximum absolute atomic E-state index is 12.9. The number of hydrogen-bond donors (Lipinski definition) is 5. The van der Waals surface area contributed by atoms with E-state index in [1.165, 1.54) is 11.3 Å². The zero-order valence-corrected chi connectivity index (χ0v) is 19.8. The minimum atomic E-state index is -1.05. The van der Waals surface area contributed by atoms with Crippen molar-refractivity contribution in [2.45, 2.75) is 51.5 Å². The molecule has 0 atom stereocenters. The van der Waals surface area contributed by atoms with Gasteiger partial charge in [-0.25, -0.2) is 9.78 Å². The van der Waals surface area contributed by atoms with E-state index in [1.54, 1.807) is 23.6 Å². The minimum Gasteiger partial charge on any atom is -0.477 e. The van der Waals surface area contributed by atoms with Crippen molar-refractivity contribution in [3.8, 4) is 0 Å². The van der Waals surface area contributed by atoms with Crippen molar-refractivity contribution in [3.05, 3.63) is 46.1 Å². The number of hydrogen-bond acceptors (Lipinski definition) is 6. The summed E-state index contributed by atoms with van der Waals surface area (Å²) >= 11 is 1.19. The number of nitrogens with two attached hydrogens (primary N) is 1. The second-order valence-electron chi connectivity index (χ2n) is 8.86. The Balaban J connectivity index is 1.46. The molecule has 1 fully saturated rings. The number of anilines is 1. The van der Waals surface area contributed by atoms with E-state index < -0.39 is 5.97 Å². The average molecular weight is 484 g/mol. The van der Waals surface area contributed by atoms with Crippen molar-refractivity contribution < 1.29 is 19.5 Å². The first kappa shape index (κ1) is 23.9. The molecule has 0 saturated heterocycles. The van der Waals surface area contributed by atoms with Gasteiger partial charge >= 0.3 is 5.97 Å². The normalized spacial score (nSPS) is 18.1. The predicted molar refractivity (Wildman–Crippen MR) is 132 cm³/mol. The summed E-state index contributed by atoms with van der Waals surface area (Å²) in [5.74, 6) is -0.958. The lowest BCUT2D eigenvalue weighted by Crippen LogP contribution is -2.37. The van der Waals surface area contributed by atoms with Gasteiger partial charge in [0.1, 0.15) is 11.4 Å². The Kier molecular flexibility index (Phi) is 7.28. The molecule has 1 aliphatic carbocycles. The summed E-state index contributed by atoms with van der Waals surface area (Å²) < 4.78 is 0. The molecule has 9 nitrogen and oxygen atoms in total. The molecule has 3 aromatic rings. The van der Waals surface area contributed by atoms with E-state index in [2.05, 4.69) is 27.5 Å². The maximum atomic E-state index is 12.9. The molecule has 4 rings (SSSR count). The molecular weight excluding hydrogens is 454 g/mol. The molecule has 2 amide bonds. The van der Waals surface area contributed by atoms with E-state index in [4.69, 9.17) is 5.73 Å². The summed E-state index contributed by atoms with van der Waals surface area (Å²) in [6.45, 7) is 2.67. The van der Waals surface area contributed by atoms with Gasteiger partial charge in [-0.1, -0.05) is 6.92 Å². The summed E-state index contributed by atoms with van der Waals surface area (Å²) in [5, 5.41) is 17.9. The Labute approximate surface area is 201 Å². The van der Waals surface area contributed by atoms with Crippen molar-refractivity contribution in [3.63, 3.8) is 0 Å². The average Bonchev–Trinajstić information content (AvgIpc) is 3.43. The third kappa shape index (κ3) is 5.28. The fraction of sp³-hybridized carbons (Fsp3) is 0.417. The Morgan fingerprint density at radius 1 is 1.21 bits per heavy atom. The maximum Gasteiger partial charge on any atom is 0.352 e. The Morgan fingerprint density at radius 3 is 2.68 bits per heavy atom. The van der Waals surface area contributed by atoms with Gasteiger partial charge in [0.05, 0.1) is 0 Å². The van der Waals surface area contributed by atoms with E-state index in [9.17, 15) is 19.5 Å². The number of aromatic nitrogens is 2. The van der Waals surface area contributed by atoms with Crippen LogP contribution >= 0.6 is 11.3 Å². The second-order valence-corrected chi connectivity index (χ2v) is 9.72. The lowest BCUT2D eigenvalue weighted by atomic mass is 9.87. The summed E-state index contributed by atoms with van der Waals surface area (Å²) in [6, 6.07) is 5.15. The molecule has 1 aliphatic rings. The van der Waals surface area contributed by atoms with Crippen molar-refractivity contribution in [2.24, 2.45) is 11.7 Å². The number of carbonyl (C=O) groups is 3. The number of aromatic amines is 1. The third-order valence-electron chi connectivity index (χ3n) is 6.32. The van der Waals surface area contributed by atoms with E-state index in [-0.39, 0.29) is 29.2 Å². The number of thiazole rings is 1. The van der Waals surface area contributed by atoms with Gasteiger partial charge in [-0.3, -0.25) is 14.9 Å². The van der Waals surface area contributed by atoms with Gasteiger partial charge in [-0.15, -0.1) is 11.3 Å². The van der Waals surface area contributed by atoms with Gasteiger partial charge in [0.15, 0.2) is 5.13 Å². The van der Waals surface area contributed by atoms with Crippen LogP contribution in [0.5, 0.6) is 0 Å². The number of carbonyl (C=O) groups excluding carboxylic acids is 2. The number of nitrogens with zero attached hydrogens (tertiary/aromatic N) is 1. The number of benzene rings is 1. The highest BCUT2D eigenvalue weighted by Crippen LogP contribution is 2.27. The number of fused-ring (bicyclic) bond motifs is 1. The van der Waals surface area contributed by atoms with Crippen LogP contribution in [0.4, 0.5) is 5.13 Å². The molecule has 0 aliphatic heterocycles. The van der Waals surface area contributed by atoms with Crippen LogP contribution in [-0.4, -0.2) is 45.4 Å². The number of aryl methyl sites for hydroxylation is 1. The van der Waals surface area contributed by atoms with Crippen LogP contribution in [-0.2, 0) is 6.42 Å². The lowest BCUT2D eigenvalue weighted by Gasteiger charge is -2.26. The van der Waals surface area contributed by atoms with Crippen LogP contribution in [0.25, 0.3) is 10.9 Å². The molecule has 34 heavy (non-hydrogen) atoms. The quantitative estimate of drug-likeness (QED) is 0.329. The third-order valence-corrected chi connectivity index (χ3v) is 7.08. The lowest BCUT2D eigenvalue weighted by molar-refractivity contribution is 0.0689. The first-order valence-corrected chi connectivity index (χ1v) is 12.4. The molecular formula is C24H29N5O4S. The number of rotatable bonds is 8. The fourth-order valence-electron chi connectivity index (χ4n) is 4.38. The molecule has 0 spiro atoms. The van der Waals surface area contributed by atoms with Gasteiger partial charge in [-0.05, 0) is 74.8 Å². The van der Waals surface area contributed by atoms with Gasteiger partial charge in [-0.2, -0.15) is 0 Å². The van der Waals surface area contributed by atoms with Gasteiger partial charge in [0.25, 0.3) is 11.8 Å². The minimum absolute atomic E-state index is 0.115. The molecule has 0 unspecified atom stereocenters.